The predicted molar refractivity (Wildman–Crippen MR) is 113 cm³/mol. The summed E-state index contributed by atoms with van der Waals surface area (Å²) in [7, 11) is 0. The van der Waals surface area contributed by atoms with Crippen LogP contribution in [0.4, 0.5) is 0 Å². The molecule has 0 bridgehead atoms. The van der Waals surface area contributed by atoms with Crippen LogP contribution in [-0.4, -0.2) is 28.8 Å². The molecule has 3 heterocycles. The fourth-order valence-electron chi connectivity index (χ4n) is 3.76. The van der Waals surface area contributed by atoms with E-state index in [0.29, 0.717) is 18.0 Å². The molecule has 0 spiro atoms. The zero-order valence-electron chi connectivity index (χ0n) is 16.4. The van der Waals surface area contributed by atoms with Crippen molar-refractivity contribution < 1.29 is 4.79 Å². The lowest BCUT2D eigenvalue weighted by Gasteiger charge is -2.25. The lowest BCUT2D eigenvalue weighted by atomic mass is 9.91. The van der Waals surface area contributed by atoms with Crippen LogP contribution >= 0.6 is 11.3 Å². The van der Waals surface area contributed by atoms with Crippen molar-refractivity contribution in [1.82, 2.24) is 20.4 Å². The Hall–Kier alpha value is -2.44. The fourth-order valence-corrected chi connectivity index (χ4v) is 4.40. The summed E-state index contributed by atoms with van der Waals surface area (Å²) in [4.78, 5) is 14.1. The van der Waals surface area contributed by atoms with Crippen molar-refractivity contribution in [3.05, 3.63) is 69.2 Å². The van der Waals surface area contributed by atoms with Crippen molar-refractivity contribution in [3.8, 4) is 5.69 Å². The van der Waals surface area contributed by atoms with E-state index in [0.717, 1.165) is 42.2 Å². The molecule has 1 saturated heterocycles. The summed E-state index contributed by atoms with van der Waals surface area (Å²) in [5, 5.41) is 13.1. The molecule has 1 aliphatic rings. The summed E-state index contributed by atoms with van der Waals surface area (Å²) in [6.07, 6.45) is 3.76. The fraction of sp³-hybridized carbons (Fsp3) is 0.364. The number of aryl methyl sites for hydroxylation is 2. The first-order valence-electron chi connectivity index (χ1n) is 9.80. The van der Waals surface area contributed by atoms with Gasteiger partial charge in [-0.15, -0.1) is 11.3 Å². The smallest absolute Gasteiger partial charge is 0.255 e. The zero-order valence-corrected chi connectivity index (χ0v) is 17.2. The Kier molecular flexibility index (Phi) is 5.59. The number of carbonyl (C=O) groups excluding carboxylic acids is 1. The van der Waals surface area contributed by atoms with Crippen LogP contribution in [0.1, 0.15) is 50.8 Å². The molecule has 3 aromatic rings. The number of aromatic nitrogens is 2. The molecule has 6 heteroatoms. The average molecular weight is 395 g/mol. The molecular weight excluding hydrogens is 368 g/mol. The van der Waals surface area contributed by atoms with E-state index in [2.05, 4.69) is 47.8 Å². The summed E-state index contributed by atoms with van der Waals surface area (Å²) in [5.74, 6) is 0.282. The molecule has 1 amide bonds. The first kappa shape index (κ1) is 18.9. The number of amides is 1. The Bertz CT molecular complexity index is 955. The van der Waals surface area contributed by atoms with Gasteiger partial charge in [-0.25, -0.2) is 4.68 Å². The van der Waals surface area contributed by atoms with Crippen molar-refractivity contribution in [2.24, 2.45) is 0 Å². The van der Waals surface area contributed by atoms with Crippen molar-refractivity contribution >= 4 is 17.2 Å². The Balaban J connectivity index is 1.68. The summed E-state index contributed by atoms with van der Waals surface area (Å²) in [6.45, 7) is 6.72. The molecule has 28 heavy (non-hydrogen) atoms. The second-order valence-corrected chi connectivity index (χ2v) is 8.44. The summed E-state index contributed by atoms with van der Waals surface area (Å²) < 4.78 is 1.97. The molecular formula is C22H26N4OS. The molecule has 0 saturated carbocycles. The van der Waals surface area contributed by atoms with Crippen LogP contribution in [0, 0.1) is 13.8 Å². The van der Waals surface area contributed by atoms with E-state index in [1.54, 1.807) is 17.5 Å². The number of thiophene rings is 1. The summed E-state index contributed by atoms with van der Waals surface area (Å²) in [6, 6.07) is 10.4. The first-order valence-corrected chi connectivity index (χ1v) is 10.7. The van der Waals surface area contributed by atoms with Gasteiger partial charge >= 0.3 is 0 Å². The number of piperidine rings is 1. The van der Waals surface area contributed by atoms with E-state index in [1.807, 2.05) is 22.2 Å². The Morgan fingerprint density at radius 1 is 1.25 bits per heavy atom. The minimum Gasteiger partial charge on any atom is -0.347 e. The van der Waals surface area contributed by atoms with Gasteiger partial charge in [0, 0.05) is 10.8 Å². The van der Waals surface area contributed by atoms with Gasteiger partial charge in [0.2, 0.25) is 0 Å². The number of benzene rings is 1. The van der Waals surface area contributed by atoms with Gasteiger partial charge in [-0.05, 0) is 74.5 Å². The number of hydrogen-bond acceptors (Lipinski definition) is 4. The highest BCUT2D eigenvalue weighted by molar-refractivity contribution is 7.09. The van der Waals surface area contributed by atoms with Crippen LogP contribution in [0.15, 0.2) is 41.9 Å². The molecule has 2 N–H and O–H groups in total. The van der Waals surface area contributed by atoms with Crippen LogP contribution in [-0.2, 0) is 6.54 Å². The number of nitrogens with one attached hydrogen (secondary N) is 2. The molecule has 0 radical (unpaired) electrons. The maximum atomic E-state index is 13.0. The number of carbonyl (C=O) groups is 1. The normalized spacial score (nSPS) is 14.9. The molecule has 0 aliphatic carbocycles. The molecule has 0 unspecified atom stereocenters. The maximum Gasteiger partial charge on any atom is 0.255 e. The third-order valence-corrected chi connectivity index (χ3v) is 6.39. The standard InChI is InChI=1S/C22H26N4OS/c1-15-5-6-18(12-16(15)2)26-21(17-7-9-23-10-8-17)20(14-25-26)22(27)24-13-19-4-3-11-28-19/h3-6,11-12,14,17,23H,7-10,13H2,1-2H3,(H,24,27). The SMILES string of the molecule is Cc1ccc(-n2ncc(C(=O)NCc3cccs3)c2C2CCNCC2)cc1C. The number of nitrogens with zero attached hydrogens (tertiary/aromatic N) is 2. The van der Waals surface area contributed by atoms with Gasteiger partial charge in [0.05, 0.1) is 29.7 Å². The maximum absolute atomic E-state index is 13.0. The number of rotatable bonds is 5. The van der Waals surface area contributed by atoms with E-state index in [4.69, 9.17) is 0 Å². The third-order valence-electron chi connectivity index (χ3n) is 5.52. The van der Waals surface area contributed by atoms with Crippen LogP contribution in [0.3, 0.4) is 0 Å². The van der Waals surface area contributed by atoms with Crippen LogP contribution in [0.25, 0.3) is 5.69 Å². The summed E-state index contributed by atoms with van der Waals surface area (Å²) >= 11 is 1.65. The van der Waals surface area contributed by atoms with Crippen molar-refractivity contribution in [1.29, 1.82) is 0 Å². The molecule has 1 aliphatic heterocycles. The molecule has 1 aromatic carbocycles. The highest BCUT2D eigenvalue weighted by Gasteiger charge is 2.27. The second kappa shape index (κ2) is 8.29. The molecule has 0 atom stereocenters. The van der Waals surface area contributed by atoms with E-state index in [9.17, 15) is 4.79 Å². The van der Waals surface area contributed by atoms with Gasteiger partial charge < -0.3 is 10.6 Å². The topological polar surface area (TPSA) is 59.0 Å². The quantitative estimate of drug-likeness (QED) is 0.689. The van der Waals surface area contributed by atoms with Crippen LogP contribution < -0.4 is 10.6 Å². The monoisotopic (exact) mass is 394 g/mol. The minimum atomic E-state index is -0.0444. The van der Waals surface area contributed by atoms with E-state index >= 15 is 0 Å². The van der Waals surface area contributed by atoms with Crippen molar-refractivity contribution in [3.63, 3.8) is 0 Å². The van der Waals surface area contributed by atoms with E-state index in [-0.39, 0.29) is 5.91 Å². The lowest BCUT2D eigenvalue weighted by Crippen LogP contribution is -2.30. The molecule has 4 rings (SSSR count). The first-order chi connectivity index (χ1) is 13.6. The highest BCUT2D eigenvalue weighted by atomic mass is 32.1. The van der Waals surface area contributed by atoms with Crippen molar-refractivity contribution in [2.45, 2.75) is 39.2 Å². The lowest BCUT2D eigenvalue weighted by molar-refractivity contribution is 0.0949. The van der Waals surface area contributed by atoms with Gasteiger partial charge in [-0.1, -0.05) is 12.1 Å². The number of hydrogen-bond donors (Lipinski definition) is 2. The molecule has 5 nitrogen and oxygen atoms in total. The van der Waals surface area contributed by atoms with Gasteiger partial charge in [0.15, 0.2) is 0 Å². The largest absolute Gasteiger partial charge is 0.347 e. The minimum absolute atomic E-state index is 0.0444. The van der Waals surface area contributed by atoms with Gasteiger partial charge in [-0.2, -0.15) is 5.10 Å². The van der Waals surface area contributed by atoms with Gasteiger partial charge in [0.25, 0.3) is 5.91 Å². The predicted octanol–water partition coefficient (Wildman–Crippen LogP) is 3.95. The van der Waals surface area contributed by atoms with Crippen LogP contribution in [0.2, 0.25) is 0 Å². The Morgan fingerprint density at radius 2 is 2.07 bits per heavy atom. The van der Waals surface area contributed by atoms with E-state index < -0.39 is 0 Å². The van der Waals surface area contributed by atoms with Crippen molar-refractivity contribution in [2.75, 3.05) is 13.1 Å². The van der Waals surface area contributed by atoms with Gasteiger partial charge in [0.1, 0.15) is 0 Å². The average Bonchev–Trinajstić information content (AvgIpc) is 3.39. The molecule has 1 fully saturated rings. The van der Waals surface area contributed by atoms with Crippen LogP contribution in [0.5, 0.6) is 0 Å². The zero-order chi connectivity index (χ0) is 19.5. The summed E-state index contributed by atoms with van der Waals surface area (Å²) in [5.41, 5.74) is 5.24. The third kappa shape index (κ3) is 3.88. The molecule has 146 valence electrons. The van der Waals surface area contributed by atoms with Gasteiger partial charge in [-0.3, -0.25) is 4.79 Å². The highest BCUT2D eigenvalue weighted by Crippen LogP contribution is 2.30. The second-order valence-electron chi connectivity index (χ2n) is 7.41. The molecule has 2 aromatic heterocycles. The Labute approximate surface area is 169 Å². The van der Waals surface area contributed by atoms with E-state index in [1.165, 1.54) is 11.1 Å². The Morgan fingerprint density at radius 3 is 2.79 bits per heavy atom.